The van der Waals surface area contributed by atoms with Crippen LogP contribution < -0.4 is 11.1 Å². The molecule has 5 N–H and O–H groups in total. The molecule has 0 spiro atoms. The molecule has 0 unspecified atom stereocenters. The van der Waals surface area contributed by atoms with E-state index in [0.29, 0.717) is 12.8 Å². The number of nitrogens with two attached hydrogens (primary N) is 1. The van der Waals surface area contributed by atoms with Gasteiger partial charge in [-0.05, 0) is 12.8 Å². The Morgan fingerprint density at radius 1 is 1.64 bits per heavy atom. The minimum absolute atomic E-state index is 0.0844. The first kappa shape index (κ1) is 7.84. The average Bonchev–Trinajstić information content (AvgIpc) is 1.75. The van der Waals surface area contributed by atoms with Crippen molar-refractivity contribution in [2.45, 2.75) is 18.9 Å². The quantitative estimate of drug-likeness (QED) is 0.315. The summed E-state index contributed by atoms with van der Waals surface area (Å²) in [6, 6.07) is 0.0913. The molecule has 1 fully saturated rings. The Labute approximate surface area is 64.1 Å². The van der Waals surface area contributed by atoms with Gasteiger partial charge in [0.05, 0.1) is 5.92 Å². The highest BCUT2D eigenvalue weighted by Crippen LogP contribution is 2.26. The SMILES string of the molecule is N=C(N)N[C@H]1C[C@H](C(=O)O)C1. The molecule has 1 saturated carbocycles. The second kappa shape index (κ2) is 2.77. The van der Waals surface area contributed by atoms with Crippen molar-refractivity contribution in [1.29, 1.82) is 5.41 Å². The number of hydrogen-bond acceptors (Lipinski definition) is 2. The minimum Gasteiger partial charge on any atom is -0.481 e. The molecule has 0 heterocycles. The van der Waals surface area contributed by atoms with E-state index in [-0.39, 0.29) is 17.9 Å². The molecule has 0 saturated heterocycles. The first-order chi connectivity index (χ1) is 5.09. The molecule has 0 bridgehead atoms. The van der Waals surface area contributed by atoms with Crippen LogP contribution in [0.25, 0.3) is 0 Å². The largest absolute Gasteiger partial charge is 0.481 e. The molecule has 1 rings (SSSR count). The van der Waals surface area contributed by atoms with Crippen LogP contribution in [0.1, 0.15) is 12.8 Å². The van der Waals surface area contributed by atoms with E-state index < -0.39 is 5.97 Å². The average molecular weight is 157 g/mol. The van der Waals surface area contributed by atoms with Crippen LogP contribution in [0.3, 0.4) is 0 Å². The van der Waals surface area contributed by atoms with E-state index in [0.717, 1.165) is 0 Å². The van der Waals surface area contributed by atoms with E-state index >= 15 is 0 Å². The summed E-state index contributed by atoms with van der Waals surface area (Å²) in [5.74, 6) is -1.09. The predicted octanol–water partition coefficient (Wildman–Crippen LogP) is -0.667. The van der Waals surface area contributed by atoms with Crippen molar-refractivity contribution in [1.82, 2.24) is 5.32 Å². The molecule has 1 aliphatic carbocycles. The maximum Gasteiger partial charge on any atom is 0.306 e. The summed E-state index contributed by atoms with van der Waals surface area (Å²) < 4.78 is 0. The van der Waals surface area contributed by atoms with Gasteiger partial charge in [0.1, 0.15) is 0 Å². The molecular weight excluding hydrogens is 146 g/mol. The van der Waals surface area contributed by atoms with Crippen molar-refractivity contribution >= 4 is 11.9 Å². The predicted molar refractivity (Wildman–Crippen MR) is 39.2 cm³/mol. The van der Waals surface area contributed by atoms with Gasteiger partial charge in [0, 0.05) is 6.04 Å². The number of carboxylic acids is 1. The van der Waals surface area contributed by atoms with Crippen molar-refractivity contribution in [3.8, 4) is 0 Å². The first-order valence-corrected chi connectivity index (χ1v) is 3.43. The van der Waals surface area contributed by atoms with E-state index in [1.807, 2.05) is 0 Å². The highest BCUT2D eigenvalue weighted by Gasteiger charge is 2.34. The molecule has 11 heavy (non-hydrogen) atoms. The number of hydrogen-bond donors (Lipinski definition) is 4. The Morgan fingerprint density at radius 2 is 2.18 bits per heavy atom. The summed E-state index contributed by atoms with van der Waals surface area (Å²) in [7, 11) is 0. The normalized spacial score (nSPS) is 28.7. The molecule has 5 nitrogen and oxygen atoms in total. The number of aliphatic carboxylic acids is 1. The summed E-state index contributed by atoms with van der Waals surface area (Å²) in [6.45, 7) is 0. The van der Waals surface area contributed by atoms with Crippen molar-refractivity contribution in [2.24, 2.45) is 11.7 Å². The maximum absolute atomic E-state index is 10.3. The third-order valence-electron chi connectivity index (χ3n) is 1.85. The Morgan fingerprint density at radius 3 is 2.55 bits per heavy atom. The summed E-state index contributed by atoms with van der Waals surface area (Å²) in [4.78, 5) is 10.3. The Balaban J connectivity index is 2.19. The van der Waals surface area contributed by atoms with Gasteiger partial charge >= 0.3 is 5.97 Å². The lowest BCUT2D eigenvalue weighted by Gasteiger charge is -2.32. The number of carboxylic acid groups (broad SMARTS) is 1. The van der Waals surface area contributed by atoms with E-state index in [1.54, 1.807) is 0 Å². The van der Waals surface area contributed by atoms with Crippen LogP contribution in [-0.4, -0.2) is 23.1 Å². The van der Waals surface area contributed by atoms with Crippen molar-refractivity contribution in [2.75, 3.05) is 0 Å². The van der Waals surface area contributed by atoms with Gasteiger partial charge in [-0.1, -0.05) is 0 Å². The van der Waals surface area contributed by atoms with Crippen LogP contribution in [0.15, 0.2) is 0 Å². The van der Waals surface area contributed by atoms with E-state index in [2.05, 4.69) is 5.32 Å². The zero-order valence-corrected chi connectivity index (χ0v) is 6.00. The van der Waals surface area contributed by atoms with E-state index in [1.165, 1.54) is 0 Å². The summed E-state index contributed by atoms with van der Waals surface area (Å²) >= 11 is 0. The van der Waals surface area contributed by atoms with Crippen molar-refractivity contribution < 1.29 is 9.90 Å². The van der Waals surface area contributed by atoms with Crippen LogP contribution in [0.2, 0.25) is 0 Å². The molecule has 5 heteroatoms. The fourth-order valence-corrected chi connectivity index (χ4v) is 1.16. The lowest BCUT2D eigenvalue weighted by molar-refractivity contribution is -0.145. The van der Waals surface area contributed by atoms with E-state index in [9.17, 15) is 4.79 Å². The highest BCUT2D eigenvalue weighted by molar-refractivity contribution is 5.76. The van der Waals surface area contributed by atoms with Crippen LogP contribution in [0.4, 0.5) is 0 Å². The zero-order chi connectivity index (χ0) is 8.43. The second-order valence-electron chi connectivity index (χ2n) is 2.76. The topological polar surface area (TPSA) is 99.2 Å². The molecule has 0 aromatic heterocycles. The second-order valence-corrected chi connectivity index (χ2v) is 2.76. The molecule has 62 valence electrons. The number of carbonyl (C=O) groups is 1. The minimum atomic E-state index is -0.758. The van der Waals surface area contributed by atoms with Gasteiger partial charge < -0.3 is 16.2 Å². The maximum atomic E-state index is 10.3. The third-order valence-corrected chi connectivity index (χ3v) is 1.85. The Bertz CT molecular complexity index is 186. The fourth-order valence-electron chi connectivity index (χ4n) is 1.16. The molecule has 0 aromatic carbocycles. The van der Waals surface area contributed by atoms with Gasteiger partial charge in [-0.25, -0.2) is 0 Å². The molecule has 0 amide bonds. The van der Waals surface area contributed by atoms with Gasteiger partial charge in [0.2, 0.25) is 0 Å². The summed E-state index contributed by atoms with van der Waals surface area (Å²) in [5, 5.41) is 18.0. The number of guanidine groups is 1. The Hall–Kier alpha value is -1.26. The van der Waals surface area contributed by atoms with Crippen molar-refractivity contribution in [3.05, 3.63) is 0 Å². The summed E-state index contributed by atoms with van der Waals surface area (Å²) in [5.41, 5.74) is 5.05. The van der Waals surface area contributed by atoms with Crippen LogP contribution in [0.5, 0.6) is 0 Å². The monoisotopic (exact) mass is 157 g/mol. The lowest BCUT2D eigenvalue weighted by atomic mass is 9.80. The lowest BCUT2D eigenvalue weighted by Crippen LogP contribution is -2.48. The molecular formula is C6H11N3O2. The number of rotatable bonds is 2. The Kier molecular flexibility index (Phi) is 1.98. The smallest absolute Gasteiger partial charge is 0.306 e. The van der Waals surface area contributed by atoms with Gasteiger partial charge in [0.25, 0.3) is 0 Å². The molecule has 0 aliphatic heterocycles. The number of nitrogens with one attached hydrogen (secondary N) is 2. The van der Waals surface area contributed by atoms with Crippen LogP contribution >= 0.6 is 0 Å². The molecule has 1 aliphatic rings. The third kappa shape index (κ3) is 1.83. The van der Waals surface area contributed by atoms with Gasteiger partial charge in [-0.3, -0.25) is 10.2 Å². The zero-order valence-electron chi connectivity index (χ0n) is 6.00. The van der Waals surface area contributed by atoms with Crippen LogP contribution in [0, 0.1) is 11.3 Å². The fraction of sp³-hybridized carbons (Fsp3) is 0.667. The van der Waals surface area contributed by atoms with Gasteiger partial charge in [-0.15, -0.1) is 0 Å². The summed E-state index contributed by atoms with van der Waals surface area (Å²) in [6.07, 6.45) is 1.16. The van der Waals surface area contributed by atoms with Crippen molar-refractivity contribution in [3.63, 3.8) is 0 Å². The van der Waals surface area contributed by atoms with Gasteiger partial charge in [0.15, 0.2) is 5.96 Å². The standard InChI is InChI=1S/C6H11N3O2/c7-6(8)9-4-1-3(2-4)5(10)11/h3-4H,1-2H2,(H,10,11)(H4,7,8,9)/t3-,4-. The first-order valence-electron chi connectivity index (χ1n) is 3.43. The molecule has 0 radical (unpaired) electrons. The molecule has 0 aromatic rings. The highest BCUT2D eigenvalue weighted by atomic mass is 16.4. The van der Waals surface area contributed by atoms with Crippen LogP contribution in [-0.2, 0) is 4.79 Å². The van der Waals surface area contributed by atoms with Gasteiger partial charge in [-0.2, -0.15) is 0 Å². The van der Waals surface area contributed by atoms with E-state index in [4.69, 9.17) is 16.2 Å². The molecule has 0 atom stereocenters.